The lowest BCUT2D eigenvalue weighted by Crippen LogP contribution is -2.30. The van der Waals surface area contributed by atoms with Gasteiger partial charge in [0.15, 0.2) is 5.58 Å². The number of rotatable bonds is 5. The molecule has 0 radical (unpaired) electrons. The molecule has 6 rings (SSSR count). The Morgan fingerprint density at radius 1 is 0.949 bits per heavy atom. The monoisotopic (exact) mass is 526 g/mol. The molecular weight excluding hydrogens is 500 g/mol. The Morgan fingerprint density at radius 2 is 1.67 bits per heavy atom. The van der Waals surface area contributed by atoms with E-state index in [0.717, 1.165) is 37.0 Å². The van der Waals surface area contributed by atoms with Crippen LogP contribution in [0.4, 0.5) is 11.4 Å². The van der Waals surface area contributed by atoms with Gasteiger partial charge in [0.25, 0.3) is 11.8 Å². The smallest absolute Gasteiger partial charge is 0.339 e. The highest BCUT2D eigenvalue weighted by molar-refractivity contribution is 6.40. The van der Waals surface area contributed by atoms with Crippen molar-refractivity contribution in [1.82, 2.24) is 0 Å². The third kappa shape index (κ3) is 3.84. The summed E-state index contributed by atoms with van der Waals surface area (Å²) < 4.78 is 16.7. The minimum Gasteiger partial charge on any atom is -0.497 e. The molecule has 1 saturated carbocycles. The average molecular weight is 527 g/mol. The Hall–Kier alpha value is -4.66. The molecule has 2 heterocycles. The number of hydrogen-bond acceptors (Lipinski definition) is 8. The summed E-state index contributed by atoms with van der Waals surface area (Å²) in [6.07, 6.45) is 4.82. The number of ether oxygens (including phenoxy) is 2. The maximum absolute atomic E-state index is 14.0. The predicted molar refractivity (Wildman–Crippen MR) is 146 cm³/mol. The van der Waals surface area contributed by atoms with E-state index in [0.29, 0.717) is 11.4 Å². The Labute approximate surface area is 223 Å². The van der Waals surface area contributed by atoms with E-state index in [1.807, 2.05) is 0 Å². The van der Waals surface area contributed by atoms with Crippen molar-refractivity contribution in [3.63, 3.8) is 0 Å². The number of para-hydroxylation sites is 1. The van der Waals surface area contributed by atoms with Crippen LogP contribution in [0.1, 0.15) is 63.2 Å². The van der Waals surface area contributed by atoms with Crippen LogP contribution >= 0.6 is 0 Å². The van der Waals surface area contributed by atoms with Gasteiger partial charge in [-0.1, -0.05) is 37.5 Å². The van der Waals surface area contributed by atoms with Gasteiger partial charge >= 0.3 is 5.97 Å². The van der Waals surface area contributed by atoms with E-state index in [1.54, 1.807) is 48.5 Å². The van der Waals surface area contributed by atoms with E-state index in [1.165, 1.54) is 14.2 Å². The lowest BCUT2D eigenvalue weighted by molar-refractivity contribution is 0.0599. The third-order valence-corrected chi connectivity index (χ3v) is 7.52. The molecule has 9 nitrogen and oxygen atoms in total. The van der Waals surface area contributed by atoms with Gasteiger partial charge in [0, 0.05) is 12.1 Å². The lowest BCUT2D eigenvalue weighted by atomic mass is 9.92. The zero-order chi connectivity index (χ0) is 27.3. The number of benzene rings is 3. The number of imide groups is 1. The highest BCUT2D eigenvalue weighted by Gasteiger charge is 2.45. The summed E-state index contributed by atoms with van der Waals surface area (Å²) in [7, 11) is 2.67. The Morgan fingerprint density at radius 3 is 2.36 bits per heavy atom. The number of carbonyl (C=O) groups is 3. The quantitative estimate of drug-likeness (QED) is 0.212. The molecule has 0 atom stereocenters. The van der Waals surface area contributed by atoms with Crippen molar-refractivity contribution in [2.45, 2.75) is 38.1 Å². The molecule has 4 aromatic rings. The molecule has 0 spiro atoms. The molecule has 3 aromatic carbocycles. The molecule has 1 aromatic heterocycles. The number of amides is 2. The van der Waals surface area contributed by atoms with Crippen molar-refractivity contribution < 1.29 is 28.3 Å². The number of anilines is 2. The maximum atomic E-state index is 14.0. The summed E-state index contributed by atoms with van der Waals surface area (Å²) in [6.45, 7) is 0. The van der Waals surface area contributed by atoms with E-state index < -0.39 is 23.2 Å². The van der Waals surface area contributed by atoms with E-state index in [2.05, 4.69) is 5.32 Å². The van der Waals surface area contributed by atoms with Crippen molar-refractivity contribution >= 4 is 51.1 Å². The number of nitrogens with zero attached hydrogens (tertiary/aromatic N) is 1. The molecule has 39 heavy (non-hydrogen) atoms. The van der Waals surface area contributed by atoms with Gasteiger partial charge in [-0.2, -0.15) is 0 Å². The minimum atomic E-state index is -0.906. The van der Waals surface area contributed by atoms with Gasteiger partial charge in [0.2, 0.25) is 5.43 Å². The second-order valence-electron chi connectivity index (χ2n) is 9.75. The standard InChI is InChI=1S/C30H26N2O7/c1-37-18-13-14-19-20(15-18)39-27-24(26(19)33)22(30(36)38-2)21-23(25(27)31-16-9-5-3-6-10-16)29(35)32(28(21)34)17-11-7-4-8-12-17/h4,7-8,11-16,31H,3,5-6,9-10H2,1-2H3. The lowest BCUT2D eigenvalue weighted by Gasteiger charge is -2.25. The van der Waals surface area contributed by atoms with Gasteiger partial charge in [-0.3, -0.25) is 14.4 Å². The van der Waals surface area contributed by atoms with Crippen LogP contribution in [0, 0.1) is 0 Å². The molecule has 1 N–H and O–H groups in total. The van der Waals surface area contributed by atoms with Crippen LogP contribution in [0.15, 0.2) is 57.7 Å². The zero-order valence-corrected chi connectivity index (χ0v) is 21.5. The van der Waals surface area contributed by atoms with E-state index >= 15 is 0 Å². The predicted octanol–water partition coefficient (Wildman–Crippen LogP) is 5.29. The third-order valence-electron chi connectivity index (χ3n) is 7.52. The first kappa shape index (κ1) is 24.7. The minimum absolute atomic E-state index is 0.00462. The normalized spacial score (nSPS) is 15.6. The van der Waals surface area contributed by atoms with Crippen molar-refractivity contribution in [2.75, 3.05) is 24.4 Å². The first-order chi connectivity index (χ1) is 18.9. The van der Waals surface area contributed by atoms with Crippen LogP contribution < -0.4 is 20.4 Å². The largest absolute Gasteiger partial charge is 0.497 e. The molecule has 1 aliphatic heterocycles. The van der Waals surface area contributed by atoms with Gasteiger partial charge in [-0.25, -0.2) is 9.69 Å². The molecule has 9 heteroatoms. The summed E-state index contributed by atoms with van der Waals surface area (Å²) in [6, 6.07) is 13.2. The van der Waals surface area contributed by atoms with Gasteiger partial charge < -0.3 is 19.2 Å². The summed E-state index contributed by atoms with van der Waals surface area (Å²) >= 11 is 0. The molecule has 1 aliphatic carbocycles. The molecule has 2 aliphatic rings. The van der Waals surface area contributed by atoms with E-state index in [-0.39, 0.29) is 50.4 Å². The topological polar surface area (TPSA) is 115 Å². The fraction of sp³-hybridized carbons (Fsp3) is 0.267. The average Bonchev–Trinajstić information content (AvgIpc) is 3.23. The van der Waals surface area contributed by atoms with Crippen molar-refractivity contribution in [1.29, 1.82) is 0 Å². The van der Waals surface area contributed by atoms with Crippen molar-refractivity contribution in [3.05, 3.63) is 75.4 Å². The Kier molecular flexibility index (Phi) is 6.06. The van der Waals surface area contributed by atoms with Crippen LogP contribution in [0.2, 0.25) is 0 Å². The molecule has 1 fully saturated rings. The maximum Gasteiger partial charge on any atom is 0.339 e. The molecule has 0 saturated heterocycles. The molecular formula is C30H26N2O7. The number of nitrogens with one attached hydrogen (secondary N) is 1. The summed E-state index contributed by atoms with van der Waals surface area (Å²) in [5.41, 5.74) is -0.122. The first-order valence-electron chi connectivity index (χ1n) is 12.9. The van der Waals surface area contributed by atoms with Crippen LogP contribution in [0.5, 0.6) is 5.75 Å². The second-order valence-corrected chi connectivity index (χ2v) is 9.75. The first-order valence-corrected chi connectivity index (χ1v) is 12.9. The SMILES string of the molecule is COC(=O)c1c2c(c(NC3CCCCC3)c3oc4cc(OC)ccc4c(=O)c13)C(=O)N(c1ccccc1)C2=O. The Bertz CT molecular complexity index is 1720. The van der Waals surface area contributed by atoms with Crippen LogP contribution in [-0.4, -0.2) is 38.0 Å². The number of carbonyl (C=O) groups excluding carboxylic acids is 3. The summed E-state index contributed by atoms with van der Waals surface area (Å²) in [5, 5.41) is 3.53. The number of hydrogen-bond donors (Lipinski definition) is 1. The van der Waals surface area contributed by atoms with Gasteiger partial charge in [-0.15, -0.1) is 0 Å². The van der Waals surface area contributed by atoms with Crippen LogP contribution in [-0.2, 0) is 4.74 Å². The number of esters is 1. The fourth-order valence-electron chi connectivity index (χ4n) is 5.64. The van der Waals surface area contributed by atoms with E-state index in [4.69, 9.17) is 13.9 Å². The molecule has 198 valence electrons. The second kappa shape index (κ2) is 9.58. The van der Waals surface area contributed by atoms with Gasteiger partial charge in [0.1, 0.15) is 11.3 Å². The number of fused-ring (bicyclic) bond motifs is 3. The highest BCUT2D eigenvalue weighted by Crippen LogP contribution is 2.42. The summed E-state index contributed by atoms with van der Waals surface area (Å²) in [4.78, 5) is 56.2. The van der Waals surface area contributed by atoms with Crippen LogP contribution in [0.25, 0.3) is 21.9 Å². The van der Waals surface area contributed by atoms with Gasteiger partial charge in [0.05, 0.1) is 53.1 Å². The summed E-state index contributed by atoms with van der Waals surface area (Å²) in [5.74, 6) is -1.75. The van der Waals surface area contributed by atoms with E-state index in [9.17, 15) is 19.2 Å². The Balaban J connectivity index is 1.74. The highest BCUT2D eigenvalue weighted by atomic mass is 16.5. The molecule has 2 amide bonds. The molecule has 0 unspecified atom stereocenters. The van der Waals surface area contributed by atoms with Crippen LogP contribution in [0.3, 0.4) is 0 Å². The molecule has 0 bridgehead atoms. The van der Waals surface area contributed by atoms with Gasteiger partial charge in [-0.05, 0) is 37.1 Å². The zero-order valence-electron chi connectivity index (χ0n) is 21.5. The van der Waals surface area contributed by atoms with Crippen molar-refractivity contribution in [3.8, 4) is 5.75 Å². The number of methoxy groups -OCH3 is 2. The van der Waals surface area contributed by atoms with Crippen molar-refractivity contribution in [2.24, 2.45) is 0 Å². The fourth-order valence-corrected chi connectivity index (χ4v) is 5.64.